The third-order valence-corrected chi connectivity index (χ3v) is 27.8. The maximum atomic E-state index is 10.9. The average molecular weight is 1860 g/mol. The Labute approximate surface area is 829 Å². The summed E-state index contributed by atoms with van der Waals surface area (Å²) in [5.41, 5.74) is 21.3. The van der Waals surface area contributed by atoms with Crippen molar-refractivity contribution >= 4 is 131 Å². The van der Waals surface area contributed by atoms with Crippen LogP contribution in [0.1, 0.15) is 38.9 Å². The zero-order chi connectivity index (χ0) is 97.6. The monoisotopic (exact) mass is 1860 g/mol. The van der Waals surface area contributed by atoms with Gasteiger partial charge in [-0.05, 0) is 144 Å². The normalized spacial score (nSPS) is 11.5. The Bertz CT molecular complexity index is 10500. The first kappa shape index (κ1) is 83.6. The Morgan fingerprint density at radius 1 is 0.158 bits per heavy atom. The van der Waals surface area contributed by atoms with Crippen molar-refractivity contribution in [2.75, 3.05) is 0 Å². The van der Waals surface area contributed by atoms with Gasteiger partial charge in [0.05, 0.1) is 134 Å². The van der Waals surface area contributed by atoms with E-state index in [-0.39, 0.29) is 16.7 Å². The van der Waals surface area contributed by atoms with E-state index < -0.39 is 0 Å². The fraction of sp³-hybridized carbons (Fsp3) is 0. The lowest BCUT2D eigenvalue weighted by molar-refractivity contribution is 0.953. The fourth-order valence-electron chi connectivity index (χ4n) is 21.5. The van der Waals surface area contributed by atoms with Crippen molar-refractivity contribution in [2.24, 2.45) is 0 Å². The van der Waals surface area contributed by atoms with Crippen molar-refractivity contribution in [1.82, 2.24) is 72.3 Å². The molecule has 0 fully saturated rings. The molecule has 0 N–H and O–H groups in total. The Morgan fingerprint density at radius 3 is 0.815 bits per heavy atom. The summed E-state index contributed by atoms with van der Waals surface area (Å²) in [6, 6.07) is 144. The van der Waals surface area contributed by atoms with Crippen LogP contribution in [0.15, 0.2) is 388 Å². The second-order valence-electron chi connectivity index (χ2n) is 35.7. The van der Waals surface area contributed by atoms with E-state index in [0.717, 1.165) is 181 Å². The first-order valence-corrected chi connectivity index (χ1v) is 47.1. The van der Waals surface area contributed by atoms with Crippen LogP contribution in [0, 0.1) is 79.3 Å². The van der Waals surface area contributed by atoms with Crippen molar-refractivity contribution in [2.45, 2.75) is 0 Å². The standard InChI is InChI=1S/C124H64N22/c125-65-72-40-52-95(86(60-72)69-129)141-96-36-17-13-32-89(96)108-101(141)54-57-104-111(108)92-35-16-20-39-99(92)144(104)122-135-118(78-26-9-3-10-27-78)133-120(139-122)81-47-43-75(44-48-81)83-49-51-93-107(64-83)146(105-58-55-102-109(112(93)105)90-33-14-18-37-97(90)142(102)114-84(67-127)30-21-31-85(114)68-128)124-138-119(79-28-11-4-12-29-79)134-121(140-124)80-45-41-74(42-46-80)82-50-53-100-94(63-82)113-106(145(100)123-136-116(76-22-5-1-6-23-76)132-117(137-123)77-24-7-2-8-25-77)59-56-103-110(113)91-34-15-19-38-98(91)143(103)115-87(70-130)61-73(66-126)62-88(115)71-131/h1-64H. The summed E-state index contributed by atoms with van der Waals surface area (Å²) in [4.78, 5) is 48.4. The molecule has 0 spiro atoms. The summed E-state index contributed by atoms with van der Waals surface area (Å²) in [7, 11) is 0. The summed E-state index contributed by atoms with van der Waals surface area (Å²) >= 11 is 0. The predicted molar refractivity (Wildman–Crippen MR) is 569 cm³/mol. The zero-order valence-corrected chi connectivity index (χ0v) is 76.8. The second kappa shape index (κ2) is 33.3. The Hall–Kier alpha value is -21.8. The largest absolute Gasteiger partial charge is 0.308 e. The van der Waals surface area contributed by atoms with Crippen LogP contribution in [-0.4, -0.2) is 72.3 Å². The van der Waals surface area contributed by atoms with E-state index in [0.29, 0.717) is 97.7 Å². The van der Waals surface area contributed by atoms with Crippen molar-refractivity contribution in [3.63, 3.8) is 0 Å². The molecule has 27 rings (SSSR count). The number of aromatic nitrogens is 15. The summed E-state index contributed by atoms with van der Waals surface area (Å²) < 4.78 is 12.4. The molecule has 22 heteroatoms. The molecule has 146 heavy (non-hydrogen) atoms. The SMILES string of the molecule is N#Cc1ccc(-n2c3ccccc3c3c4c5ccccc5n(-c5nc(-c6ccccc6)nc(-c6ccc(-c7ccc8c9c%10c%11ccccc%11n(-c%11c(C#N)cccc%11C#N)c%10ccc9n(-c9nc(-c%10ccccc%10)nc(-c%10ccc(-c%11ccc%12c(c%11)c%11c%13c%14ccccc%14n(-c%14c(C#N)cc(C#N)cc%14C#N)c%13ccc%11n%12-c%11nc(-c%12ccccc%12)nc(-c%12ccccc%12)n%11)cc%10)n9)c8c7)cc6)n5)c4ccc32)c(C#N)c1. The van der Waals surface area contributed by atoms with Gasteiger partial charge in [-0.3, -0.25) is 13.7 Å². The minimum atomic E-state index is 0.173. The third-order valence-electron chi connectivity index (χ3n) is 27.8. The number of hydrogen-bond donors (Lipinski definition) is 0. The topological polar surface area (TPSA) is 312 Å². The molecule has 0 bridgehead atoms. The van der Waals surface area contributed by atoms with Crippen molar-refractivity contribution in [1.29, 1.82) is 36.8 Å². The summed E-state index contributed by atoms with van der Waals surface area (Å²) in [6.45, 7) is 0. The lowest BCUT2D eigenvalue weighted by Crippen LogP contribution is -2.06. The minimum absolute atomic E-state index is 0.173. The molecule has 0 radical (unpaired) electrons. The smallest absolute Gasteiger partial charge is 0.238 e. The van der Waals surface area contributed by atoms with Gasteiger partial charge in [0.1, 0.15) is 30.3 Å². The zero-order valence-electron chi connectivity index (χ0n) is 76.8. The quantitative estimate of drug-likeness (QED) is 0.0976. The molecule has 0 amide bonds. The second-order valence-corrected chi connectivity index (χ2v) is 35.7. The molecule has 0 saturated carbocycles. The highest BCUT2D eigenvalue weighted by atomic mass is 15.2. The molecule has 670 valence electrons. The van der Waals surface area contributed by atoms with Crippen LogP contribution in [0.4, 0.5) is 0 Å². The van der Waals surface area contributed by atoms with E-state index in [9.17, 15) is 36.8 Å². The molecular formula is C124H64N22. The van der Waals surface area contributed by atoms with Gasteiger partial charge in [0.25, 0.3) is 0 Å². The van der Waals surface area contributed by atoms with Gasteiger partial charge in [-0.2, -0.15) is 66.7 Å². The molecule has 0 unspecified atom stereocenters. The maximum absolute atomic E-state index is 10.9. The maximum Gasteiger partial charge on any atom is 0.238 e. The van der Waals surface area contributed by atoms with Gasteiger partial charge in [0, 0.05) is 98.0 Å². The van der Waals surface area contributed by atoms with E-state index in [1.165, 1.54) is 12.1 Å². The van der Waals surface area contributed by atoms with Gasteiger partial charge < -0.3 is 13.7 Å². The van der Waals surface area contributed by atoms with Crippen LogP contribution in [0.3, 0.4) is 0 Å². The van der Waals surface area contributed by atoms with Crippen molar-refractivity contribution in [3.8, 4) is 168 Å². The van der Waals surface area contributed by atoms with Crippen LogP contribution in [0.5, 0.6) is 0 Å². The molecule has 0 aliphatic rings. The van der Waals surface area contributed by atoms with Crippen molar-refractivity contribution < 1.29 is 0 Å². The first-order chi connectivity index (χ1) is 72.1. The van der Waals surface area contributed by atoms with E-state index in [1.807, 2.05) is 234 Å². The number of nitriles is 7. The van der Waals surface area contributed by atoms with Gasteiger partial charge in [0.15, 0.2) is 34.9 Å². The Balaban J connectivity index is 0.629. The number of nitrogens with zero attached hydrogens (tertiary/aromatic N) is 22. The summed E-state index contributed by atoms with van der Waals surface area (Å²) in [6.07, 6.45) is 0. The summed E-state index contributed by atoms with van der Waals surface area (Å²) in [5, 5.41) is 85.2. The van der Waals surface area contributed by atoms with Crippen LogP contribution in [0.2, 0.25) is 0 Å². The lowest BCUT2D eigenvalue weighted by Gasteiger charge is -2.13. The van der Waals surface area contributed by atoms with E-state index in [1.54, 1.807) is 30.3 Å². The molecule has 0 aliphatic heterocycles. The number of benzene rings is 18. The molecule has 0 saturated heterocycles. The molecule has 9 heterocycles. The van der Waals surface area contributed by atoms with Gasteiger partial charge in [-0.25, -0.2) is 15.0 Å². The number of rotatable bonds is 14. The molecule has 0 aliphatic carbocycles. The fourth-order valence-corrected chi connectivity index (χ4v) is 21.5. The highest BCUT2D eigenvalue weighted by Gasteiger charge is 2.32. The third kappa shape index (κ3) is 13.0. The molecule has 22 nitrogen and oxygen atoms in total. The molecule has 9 aromatic heterocycles. The molecule has 18 aromatic carbocycles. The van der Waals surface area contributed by atoms with E-state index in [4.69, 9.17) is 44.9 Å². The number of para-hydroxylation sites is 5. The Kier molecular flexibility index (Phi) is 19.0. The van der Waals surface area contributed by atoms with Crippen LogP contribution in [-0.2, 0) is 0 Å². The van der Waals surface area contributed by atoms with Crippen LogP contribution >= 0.6 is 0 Å². The van der Waals surface area contributed by atoms with Gasteiger partial charge in [-0.15, -0.1) is 0 Å². The van der Waals surface area contributed by atoms with Crippen LogP contribution < -0.4 is 0 Å². The van der Waals surface area contributed by atoms with Gasteiger partial charge >= 0.3 is 0 Å². The predicted octanol–water partition coefficient (Wildman–Crippen LogP) is 27.3. The van der Waals surface area contributed by atoms with Gasteiger partial charge in [0.2, 0.25) is 17.8 Å². The highest BCUT2D eigenvalue weighted by Crippen LogP contribution is 2.50. The van der Waals surface area contributed by atoms with Crippen LogP contribution in [0.25, 0.3) is 256 Å². The van der Waals surface area contributed by atoms with Gasteiger partial charge in [-0.1, -0.05) is 267 Å². The minimum Gasteiger partial charge on any atom is -0.308 e. The van der Waals surface area contributed by atoms with Crippen molar-refractivity contribution in [3.05, 3.63) is 427 Å². The Morgan fingerprint density at radius 2 is 0.432 bits per heavy atom. The highest BCUT2D eigenvalue weighted by molar-refractivity contribution is 6.32. The molecule has 27 aromatic rings. The molecule has 0 atom stereocenters. The first-order valence-electron chi connectivity index (χ1n) is 47.1. The average Bonchev–Trinajstić information content (AvgIpc) is 1.58. The number of fused-ring (bicyclic) bond motifs is 21. The number of hydrogen-bond acceptors (Lipinski definition) is 16. The van der Waals surface area contributed by atoms with E-state index >= 15 is 0 Å². The molecular weight excluding hydrogens is 1800 g/mol. The lowest BCUT2D eigenvalue weighted by atomic mass is 9.99. The van der Waals surface area contributed by atoms with E-state index in [2.05, 4.69) is 182 Å². The summed E-state index contributed by atoms with van der Waals surface area (Å²) in [5.74, 6) is 3.81.